The summed E-state index contributed by atoms with van der Waals surface area (Å²) in [4.78, 5) is 0. The molecule has 2 rings (SSSR count). The minimum Gasteiger partial charge on any atom is -0.307 e. The Kier molecular flexibility index (Phi) is 3.97. The second-order valence-electron chi connectivity index (χ2n) is 4.14. The normalized spacial score (nSPS) is 10.8. The van der Waals surface area contributed by atoms with Crippen molar-refractivity contribution >= 4 is 15.9 Å². The first-order valence-corrected chi connectivity index (χ1v) is 6.39. The molecule has 0 bridgehead atoms. The molecule has 0 atom stereocenters. The van der Waals surface area contributed by atoms with Gasteiger partial charge in [-0.05, 0) is 30.2 Å². The lowest BCUT2D eigenvalue weighted by Crippen LogP contribution is -2.15. The summed E-state index contributed by atoms with van der Waals surface area (Å²) in [5, 5.41) is 7.55. The van der Waals surface area contributed by atoms with Gasteiger partial charge in [0.25, 0.3) is 0 Å². The maximum atomic E-state index is 4.14. The summed E-state index contributed by atoms with van der Waals surface area (Å²) in [6.07, 6.45) is 1.82. The number of hydrogen-bond donors (Lipinski definition) is 1. The van der Waals surface area contributed by atoms with Gasteiger partial charge in [0.05, 0.1) is 5.69 Å². The predicted octanol–water partition coefficient (Wildman–Crippen LogP) is 2.78. The molecule has 4 heteroatoms. The molecule has 3 nitrogen and oxygen atoms in total. The number of halogens is 1. The zero-order valence-electron chi connectivity index (χ0n) is 10.1. The summed E-state index contributed by atoms with van der Waals surface area (Å²) >= 11 is 3.58. The van der Waals surface area contributed by atoms with Gasteiger partial charge in [0.2, 0.25) is 0 Å². The highest BCUT2D eigenvalue weighted by Gasteiger charge is 2.01. The van der Waals surface area contributed by atoms with Crippen molar-refractivity contribution in [1.29, 1.82) is 0 Å². The van der Waals surface area contributed by atoms with E-state index >= 15 is 0 Å². The third-order valence-corrected chi connectivity index (χ3v) is 3.49. The van der Waals surface area contributed by atoms with Crippen molar-refractivity contribution in [1.82, 2.24) is 15.1 Å². The smallest absolute Gasteiger partial charge is 0.0518 e. The minimum absolute atomic E-state index is 0.830. The lowest BCUT2D eigenvalue weighted by atomic mass is 10.1. The van der Waals surface area contributed by atoms with E-state index in [9.17, 15) is 0 Å². The molecular weight excluding hydrogens is 278 g/mol. The number of aromatic nitrogens is 2. The first-order valence-electron chi connectivity index (χ1n) is 5.59. The van der Waals surface area contributed by atoms with Crippen LogP contribution in [0.1, 0.15) is 16.8 Å². The van der Waals surface area contributed by atoms with Gasteiger partial charge in [-0.15, -0.1) is 0 Å². The predicted molar refractivity (Wildman–Crippen MR) is 72.6 cm³/mol. The van der Waals surface area contributed by atoms with E-state index in [1.165, 1.54) is 16.8 Å². The van der Waals surface area contributed by atoms with Crippen molar-refractivity contribution < 1.29 is 0 Å². The summed E-state index contributed by atoms with van der Waals surface area (Å²) in [5.41, 5.74) is 3.73. The van der Waals surface area contributed by atoms with E-state index in [1.54, 1.807) is 0 Å². The second kappa shape index (κ2) is 5.47. The quantitative estimate of drug-likeness (QED) is 0.939. The summed E-state index contributed by atoms with van der Waals surface area (Å²) in [6.45, 7) is 3.78. The average Bonchev–Trinajstić information content (AvgIpc) is 2.68. The first-order chi connectivity index (χ1) is 8.16. The molecule has 0 amide bonds. The van der Waals surface area contributed by atoms with Crippen molar-refractivity contribution in [2.45, 2.75) is 20.0 Å². The van der Waals surface area contributed by atoms with Gasteiger partial charge in [0.15, 0.2) is 0 Å². The van der Waals surface area contributed by atoms with Gasteiger partial charge < -0.3 is 5.32 Å². The first kappa shape index (κ1) is 12.3. The van der Waals surface area contributed by atoms with E-state index in [1.807, 2.05) is 24.0 Å². The molecule has 0 fully saturated rings. The Morgan fingerprint density at radius 1 is 1.29 bits per heavy atom. The molecule has 0 aliphatic rings. The van der Waals surface area contributed by atoms with Crippen LogP contribution < -0.4 is 5.32 Å². The lowest BCUT2D eigenvalue weighted by molar-refractivity contribution is 0.625. The summed E-state index contributed by atoms with van der Waals surface area (Å²) in [6, 6.07) is 8.44. The number of hydrogen-bond acceptors (Lipinski definition) is 2. The zero-order chi connectivity index (χ0) is 12.3. The molecule has 90 valence electrons. The Balaban J connectivity index is 1.92. The van der Waals surface area contributed by atoms with Gasteiger partial charge >= 0.3 is 0 Å². The van der Waals surface area contributed by atoms with E-state index in [-0.39, 0.29) is 0 Å². The molecule has 1 N–H and O–H groups in total. The van der Waals surface area contributed by atoms with Gasteiger partial charge in [-0.1, -0.05) is 28.1 Å². The number of benzene rings is 1. The van der Waals surface area contributed by atoms with Crippen LogP contribution in [0.3, 0.4) is 0 Å². The number of rotatable bonds is 4. The van der Waals surface area contributed by atoms with E-state index in [0.29, 0.717) is 0 Å². The fourth-order valence-corrected chi connectivity index (χ4v) is 2.33. The standard InChI is InChI=1S/C13H16BrN3/c1-10-3-4-11(13(14)7-10)8-15-9-12-5-6-16-17(12)2/h3-7,15H,8-9H2,1-2H3. The van der Waals surface area contributed by atoms with Crippen LogP contribution in [0, 0.1) is 6.92 Å². The Hall–Kier alpha value is -1.13. The molecule has 2 aromatic rings. The Morgan fingerprint density at radius 3 is 2.76 bits per heavy atom. The van der Waals surface area contributed by atoms with Crippen LogP contribution in [0.2, 0.25) is 0 Å². The summed E-state index contributed by atoms with van der Waals surface area (Å²) in [5.74, 6) is 0. The summed E-state index contributed by atoms with van der Waals surface area (Å²) < 4.78 is 3.05. The van der Waals surface area contributed by atoms with Crippen molar-refractivity contribution in [2.24, 2.45) is 7.05 Å². The number of aryl methyl sites for hydroxylation is 2. The highest BCUT2D eigenvalue weighted by molar-refractivity contribution is 9.10. The van der Waals surface area contributed by atoms with E-state index in [0.717, 1.165) is 17.6 Å². The van der Waals surface area contributed by atoms with E-state index in [4.69, 9.17) is 0 Å². The van der Waals surface area contributed by atoms with Crippen molar-refractivity contribution in [3.8, 4) is 0 Å². The average molecular weight is 294 g/mol. The molecule has 1 aromatic heterocycles. The summed E-state index contributed by atoms with van der Waals surface area (Å²) in [7, 11) is 1.96. The van der Waals surface area contributed by atoms with Crippen molar-refractivity contribution in [2.75, 3.05) is 0 Å². The Morgan fingerprint density at radius 2 is 2.12 bits per heavy atom. The van der Waals surface area contributed by atoms with Gasteiger partial charge in [0, 0.05) is 30.8 Å². The highest BCUT2D eigenvalue weighted by atomic mass is 79.9. The van der Waals surface area contributed by atoms with Crippen molar-refractivity contribution in [3.63, 3.8) is 0 Å². The van der Waals surface area contributed by atoms with Crippen LogP contribution in [0.4, 0.5) is 0 Å². The van der Waals surface area contributed by atoms with Crippen LogP contribution in [0.25, 0.3) is 0 Å². The van der Waals surface area contributed by atoms with Gasteiger partial charge in [-0.3, -0.25) is 4.68 Å². The molecule has 17 heavy (non-hydrogen) atoms. The Labute approximate surface area is 110 Å². The van der Waals surface area contributed by atoms with Gasteiger partial charge in [0.1, 0.15) is 0 Å². The van der Waals surface area contributed by atoms with E-state index in [2.05, 4.69) is 51.5 Å². The van der Waals surface area contributed by atoms with E-state index < -0.39 is 0 Å². The van der Waals surface area contributed by atoms with Gasteiger partial charge in [-0.2, -0.15) is 5.10 Å². The largest absolute Gasteiger partial charge is 0.307 e. The zero-order valence-corrected chi connectivity index (χ0v) is 11.7. The van der Waals surface area contributed by atoms with Crippen LogP contribution >= 0.6 is 15.9 Å². The monoisotopic (exact) mass is 293 g/mol. The Bertz CT molecular complexity index is 505. The third-order valence-electron chi connectivity index (χ3n) is 2.75. The fraction of sp³-hybridized carbons (Fsp3) is 0.308. The molecule has 0 aliphatic heterocycles. The third kappa shape index (κ3) is 3.17. The fourth-order valence-electron chi connectivity index (χ4n) is 1.70. The second-order valence-corrected chi connectivity index (χ2v) is 5.00. The molecule has 1 heterocycles. The molecule has 0 saturated heterocycles. The van der Waals surface area contributed by atoms with Gasteiger partial charge in [-0.25, -0.2) is 0 Å². The SMILES string of the molecule is Cc1ccc(CNCc2ccnn2C)c(Br)c1. The maximum absolute atomic E-state index is 4.14. The molecule has 1 aromatic carbocycles. The van der Waals surface area contributed by atoms with Crippen LogP contribution in [-0.4, -0.2) is 9.78 Å². The molecule has 0 aliphatic carbocycles. The molecule has 0 saturated carbocycles. The molecular formula is C13H16BrN3. The number of nitrogens with zero attached hydrogens (tertiary/aromatic N) is 2. The lowest BCUT2D eigenvalue weighted by Gasteiger charge is -2.08. The number of nitrogens with one attached hydrogen (secondary N) is 1. The topological polar surface area (TPSA) is 29.9 Å². The van der Waals surface area contributed by atoms with Crippen LogP contribution in [0.5, 0.6) is 0 Å². The van der Waals surface area contributed by atoms with Crippen molar-refractivity contribution in [3.05, 3.63) is 51.8 Å². The minimum atomic E-state index is 0.830. The maximum Gasteiger partial charge on any atom is 0.0518 e. The highest BCUT2D eigenvalue weighted by Crippen LogP contribution is 2.18. The molecule has 0 radical (unpaired) electrons. The van der Waals surface area contributed by atoms with Crippen LogP contribution in [-0.2, 0) is 20.1 Å². The molecule has 0 unspecified atom stereocenters. The molecule has 0 spiro atoms. The van der Waals surface area contributed by atoms with Crippen LogP contribution in [0.15, 0.2) is 34.9 Å².